The van der Waals surface area contributed by atoms with Crippen molar-refractivity contribution in [3.05, 3.63) is 59.7 Å². The van der Waals surface area contributed by atoms with Gasteiger partial charge in [0.15, 0.2) is 0 Å². The summed E-state index contributed by atoms with van der Waals surface area (Å²) in [5.41, 5.74) is 9.44. The molecule has 0 aliphatic carbocycles. The first-order valence-electron chi connectivity index (χ1n) is 6.59. The van der Waals surface area contributed by atoms with Gasteiger partial charge in [-0.15, -0.1) is 0 Å². The smallest absolute Gasteiger partial charge is 0.319 e. The van der Waals surface area contributed by atoms with Gasteiger partial charge in [0.05, 0.1) is 0 Å². The zero-order chi connectivity index (χ0) is 14.4. The number of nitrogens with two attached hydrogens (primary N) is 1. The molecule has 0 fully saturated rings. The Balaban J connectivity index is 1.76. The summed E-state index contributed by atoms with van der Waals surface area (Å²) >= 11 is 0. The van der Waals surface area contributed by atoms with E-state index in [2.05, 4.69) is 10.6 Å². The molecule has 0 saturated heterocycles. The fourth-order valence-electron chi connectivity index (χ4n) is 1.90. The van der Waals surface area contributed by atoms with E-state index in [0.717, 1.165) is 28.9 Å². The molecular formula is C16H19N3O. The van der Waals surface area contributed by atoms with Crippen molar-refractivity contribution in [2.24, 2.45) is 0 Å². The van der Waals surface area contributed by atoms with Crippen LogP contribution >= 0.6 is 0 Å². The predicted molar refractivity (Wildman–Crippen MR) is 82.8 cm³/mol. The molecule has 0 aliphatic rings. The molecule has 2 aromatic rings. The first-order valence-corrected chi connectivity index (χ1v) is 6.59. The van der Waals surface area contributed by atoms with Crippen LogP contribution in [0.4, 0.5) is 16.2 Å². The lowest BCUT2D eigenvalue weighted by Crippen LogP contribution is -2.30. The summed E-state index contributed by atoms with van der Waals surface area (Å²) in [6, 6.07) is 15.2. The predicted octanol–water partition coefficient (Wildman–Crippen LogP) is 2.94. The van der Waals surface area contributed by atoms with Gasteiger partial charge in [0.25, 0.3) is 0 Å². The molecule has 4 N–H and O–H groups in total. The number of carbonyl (C=O) groups is 1. The molecule has 4 heteroatoms. The fourth-order valence-corrected chi connectivity index (χ4v) is 1.90. The van der Waals surface area contributed by atoms with Gasteiger partial charge >= 0.3 is 6.03 Å². The maximum absolute atomic E-state index is 11.7. The topological polar surface area (TPSA) is 67.2 Å². The lowest BCUT2D eigenvalue weighted by Gasteiger charge is -2.08. The van der Waals surface area contributed by atoms with Crippen molar-refractivity contribution in [2.75, 3.05) is 17.6 Å². The molecule has 0 heterocycles. The minimum atomic E-state index is -0.189. The number of anilines is 2. The first kappa shape index (κ1) is 13.9. The Morgan fingerprint density at radius 3 is 2.60 bits per heavy atom. The second-order valence-electron chi connectivity index (χ2n) is 4.74. The second-order valence-corrected chi connectivity index (χ2v) is 4.74. The van der Waals surface area contributed by atoms with Crippen molar-refractivity contribution in [3.63, 3.8) is 0 Å². The number of hydrogen-bond acceptors (Lipinski definition) is 2. The van der Waals surface area contributed by atoms with Crippen LogP contribution in [0.1, 0.15) is 11.1 Å². The normalized spacial score (nSPS) is 10.1. The molecule has 2 aromatic carbocycles. The van der Waals surface area contributed by atoms with E-state index in [1.807, 2.05) is 55.5 Å². The third-order valence-corrected chi connectivity index (χ3v) is 2.95. The maximum Gasteiger partial charge on any atom is 0.319 e. The lowest BCUT2D eigenvalue weighted by atomic mass is 10.1. The molecule has 0 atom stereocenters. The Bertz CT molecular complexity index is 579. The van der Waals surface area contributed by atoms with Gasteiger partial charge < -0.3 is 16.4 Å². The molecule has 4 nitrogen and oxygen atoms in total. The van der Waals surface area contributed by atoms with Crippen LogP contribution in [0.25, 0.3) is 0 Å². The molecule has 2 amide bonds. The number of nitrogen functional groups attached to an aromatic ring is 1. The lowest BCUT2D eigenvalue weighted by molar-refractivity contribution is 0.252. The number of benzene rings is 2. The van der Waals surface area contributed by atoms with Crippen molar-refractivity contribution >= 4 is 17.4 Å². The fraction of sp³-hybridized carbons (Fsp3) is 0.188. The van der Waals surface area contributed by atoms with Crippen molar-refractivity contribution in [2.45, 2.75) is 13.3 Å². The molecular weight excluding hydrogens is 250 g/mol. The maximum atomic E-state index is 11.7. The number of rotatable bonds is 4. The van der Waals surface area contributed by atoms with Gasteiger partial charge in [0, 0.05) is 17.9 Å². The minimum absolute atomic E-state index is 0.189. The number of hydrogen-bond donors (Lipinski definition) is 3. The van der Waals surface area contributed by atoms with Crippen LogP contribution < -0.4 is 16.4 Å². The van der Waals surface area contributed by atoms with Gasteiger partial charge in [-0.1, -0.05) is 24.3 Å². The number of amides is 2. The Hall–Kier alpha value is -2.49. The molecule has 0 radical (unpaired) electrons. The number of urea groups is 1. The van der Waals surface area contributed by atoms with Crippen molar-refractivity contribution < 1.29 is 4.79 Å². The summed E-state index contributed by atoms with van der Waals surface area (Å²) in [6.45, 7) is 2.58. The summed E-state index contributed by atoms with van der Waals surface area (Å²) in [7, 11) is 0. The number of aryl methyl sites for hydroxylation is 1. The van der Waals surface area contributed by atoms with Gasteiger partial charge in [-0.3, -0.25) is 0 Å². The number of nitrogens with one attached hydrogen (secondary N) is 2. The van der Waals surface area contributed by atoms with Crippen molar-refractivity contribution in [1.29, 1.82) is 0 Å². The van der Waals surface area contributed by atoms with Gasteiger partial charge in [-0.2, -0.15) is 0 Å². The molecule has 2 rings (SSSR count). The van der Waals surface area contributed by atoms with E-state index in [-0.39, 0.29) is 6.03 Å². The van der Waals surface area contributed by atoms with E-state index in [1.165, 1.54) is 0 Å². The third-order valence-electron chi connectivity index (χ3n) is 2.95. The zero-order valence-electron chi connectivity index (χ0n) is 11.5. The quantitative estimate of drug-likeness (QED) is 0.747. The largest absolute Gasteiger partial charge is 0.399 e. The molecule has 104 valence electrons. The highest BCUT2D eigenvalue weighted by Gasteiger charge is 2.01. The van der Waals surface area contributed by atoms with Crippen LogP contribution in [0.3, 0.4) is 0 Å². The Morgan fingerprint density at radius 2 is 1.90 bits per heavy atom. The molecule has 0 saturated carbocycles. The molecule has 20 heavy (non-hydrogen) atoms. The molecule has 0 aliphatic heterocycles. The summed E-state index contributed by atoms with van der Waals surface area (Å²) in [6.07, 6.45) is 0.779. The van der Waals surface area contributed by atoms with Gasteiger partial charge in [-0.25, -0.2) is 4.79 Å². The molecule has 0 bridgehead atoms. The molecule has 0 aromatic heterocycles. The monoisotopic (exact) mass is 269 g/mol. The zero-order valence-corrected chi connectivity index (χ0v) is 11.5. The summed E-state index contributed by atoms with van der Waals surface area (Å²) in [5, 5.41) is 5.64. The Labute approximate surface area is 119 Å². The van der Waals surface area contributed by atoms with Crippen LogP contribution in [0, 0.1) is 6.92 Å². The van der Waals surface area contributed by atoms with E-state index in [1.54, 1.807) is 0 Å². The van der Waals surface area contributed by atoms with Crippen LogP contribution in [0.2, 0.25) is 0 Å². The van der Waals surface area contributed by atoms with Crippen LogP contribution in [0.5, 0.6) is 0 Å². The van der Waals surface area contributed by atoms with Crippen LogP contribution in [0.15, 0.2) is 48.5 Å². The van der Waals surface area contributed by atoms with E-state index in [9.17, 15) is 4.79 Å². The van der Waals surface area contributed by atoms with E-state index >= 15 is 0 Å². The summed E-state index contributed by atoms with van der Waals surface area (Å²) in [4.78, 5) is 11.7. The van der Waals surface area contributed by atoms with Crippen LogP contribution in [-0.2, 0) is 6.42 Å². The van der Waals surface area contributed by atoms with Crippen LogP contribution in [-0.4, -0.2) is 12.6 Å². The average Bonchev–Trinajstić information content (AvgIpc) is 2.41. The first-order chi connectivity index (χ1) is 9.63. The third kappa shape index (κ3) is 4.31. The highest BCUT2D eigenvalue weighted by molar-refractivity contribution is 5.89. The Kier molecular flexibility index (Phi) is 4.60. The van der Waals surface area contributed by atoms with Gasteiger partial charge in [-0.05, 0) is 48.7 Å². The SMILES string of the molecule is Cc1cccc(NC(=O)NCCc2ccc(N)cc2)c1. The Morgan fingerprint density at radius 1 is 1.15 bits per heavy atom. The highest BCUT2D eigenvalue weighted by Crippen LogP contribution is 2.09. The number of carbonyl (C=O) groups excluding carboxylic acids is 1. The van der Waals surface area contributed by atoms with Gasteiger partial charge in [0.2, 0.25) is 0 Å². The second kappa shape index (κ2) is 6.61. The van der Waals surface area contributed by atoms with E-state index < -0.39 is 0 Å². The average molecular weight is 269 g/mol. The molecule has 0 unspecified atom stereocenters. The highest BCUT2D eigenvalue weighted by atomic mass is 16.2. The summed E-state index contributed by atoms with van der Waals surface area (Å²) < 4.78 is 0. The van der Waals surface area contributed by atoms with E-state index in [0.29, 0.717) is 6.54 Å². The standard InChI is InChI=1S/C16H19N3O/c1-12-3-2-4-15(11-12)19-16(20)18-10-9-13-5-7-14(17)8-6-13/h2-8,11H,9-10,17H2,1H3,(H2,18,19,20). The van der Waals surface area contributed by atoms with Gasteiger partial charge in [0.1, 0.15) is 0 Å². The molecule has 0 spiro atoms. The summed E-state index contributed by atoms with van der Waals surface area (Å²) in [5.74, 6) is 0. The van der Waals surface area contributed by atoms with Crippen molar-refractivity contribution in [3.8, 4) is 0 Å². The minimum Gasteiger partial charge on any atom is -0.399 e. The van der Waals surface area contributed by atoms with E-state index in [4.69, 9.17) is 5.73 Å². The van der Waals surface area contributed by atoms with Crippen molar-refractivity contribution in [1.82, 2.24) is 5.32 Å².